The lowest BCUT2D eigenvalue weighted by Crippen LogP contribution is -1.90. The topological polar surface area (TPSA) is 74.2 Å². The molecule has 1 aromatic carbocycles. The van der Waals surface area contributed by atoms with E-state index < -0.39 is 5.82 Å². The van der Waals surface area contributed by atoms with Crippen LogP contribution in [0.1, 0.15) is 0 Å². The van der Waals surface area contributed by atoms with Gasteiger partial charge < -0.3 is 15.0 Å². The van der Waals surface area contributed by atoms with Crippen molar-refractivity contribution in [3.8, 4) is 17.1 Å². The van der Waals surface area contributed by atoms with Crippen molar-refractivity contribution < 1.29 is 13.7 Å². The number of benzene rings is 1. The zero-order valence-corrected chi connectivity index (χ0v) is 7.90. The first kappa shape index (κ1) is 9.45. The number of anilines is 1. The predicted octanol–water partition coefficient (Wildman–Crippen LogP) is 1.47. The second kappa shape index (κ2) is 3.56. The molecular formula is C9H8FN3O2. The average Bonchev–Trinajstić information content (AvgIpc) is 2.66. The van der Waals surface area contributed by atoms with Crippen LogP contribution in [0.2, 0.25) is 0 Å². The molecule has 0 fully saturated rings. The zero-order valence-electron chi connectivity index (χ0n) is 7.90. The molecule has 0 aliphatic carbocycles. The van der Waals surface area contributed by atoms with Gasteiger partial charge in [0, 0.05) is 5.56 Å². The Kier molecular flexibility index (Phi) is 2.24. The van der Waals surface area contributed by atoms with Gasteiger partial charge in [-0.25, -0.2) is 4.39 Å². The lowest BCUT2D eigenvalue weighted by atomic mass is 10.2. The summed E-state index contributed by atoms with van der Waals surface area (Å²) in [7, 11) is 1.38. The smallest absolute Gasteiger partial charge is 0.319 e. The predicted molar refractivity (Wildman–Crippen MR) is 50.7 cm³/mol. The maximum atomic E-state index is 13.1. The molecule has 0 aliphatic rings. The van der Waals surface area contributed by atoms with Gasteiger partial charge in [-0.2, -0.15) is 4.98 Å². The third kappa shape index (κ3) is 1.74. The van der Waals surface area contributed by atoms with Crippen molar-refractivity contribution in [1.29, 1.82) is 0 Å². The van der Waals surface area contributed by atoms with E-state index in [9.17, 15) is 4.39 Å². The Morgan fingerprint density at radius 3 is 2.87 bits per heavy atom. The highest BCUT2D eigenvalue weighted by Gasteiger charge is 2.09. The highest BCUT2D eigenvalue weighted by atomic mass is 19.1. The molecule has 0 atom stereocenters. The fraction of sp³-hybridized carbons (Fsp3) is 0.111. The number of aromatic nitrogens is 2. The number of halogens is 1. The Balaban J connectivity index is 2.45. The molecule has 15 heavy (non-hydrogen) atoms. The summed E-state index contributed by atoms with van der Waals surface area (Å²) in [6, 6.07) is 4.22. The Bertz CT molecular complexity index is 484. The minimum atomic E-state index is -0.447. The first-order chi connectivity index (χ1) is 7.20. The van der Waals surface area contributed by atoms with Crippen molar-refractivity contribution in [2.75, 3.05) is 12.8 Å². The van der Waals surface area contributed by atoms with E-state index in [1.54, 1.807) is 0 Å². The fourth-order valence-corrected chi connectivity index (χ4v) is 1.15. The first-order valence-electron chi connectivity index (χ1n) is 4.14. The van der Waals surface area contributed by atoms with Gasteiger partial charge in [-0.15, -0.1) is 0 Å². The van der Waals surface area contributed by atoms with Crippen molar-refractivity contribution in [3.63, 3.8) is 0 Å². The van der Waals surface area contributed by atoms with Crippen molar-refractivity contribution in [3.05, 3.63) is 24.0 Å². The van der Waals surface area contributed by atoms with Crippen LogP contribution in [0, 0.1) is 5.82 Å². The number of hydrogen-bond donors (Lipinski definition) is 1. The first-order valence-corrected chi connectivity index (χ1v) is 4.14. The van der Waals surface area contributed by atoms with Crippen LogP contribution in [0.3, 0.4) is 0 Å². The highest BCUT2D eigenvalue weighted by Crippen LogP contribution is 2.24. The number of ether oxygens (including phenoxy) is 1. The molecule has 0 saturated heterocycles. The van der Waals surface area contributed by atoms with Crippen LogP contribution >= 0.6 is 0 Å². The monoisotopic (exact) mass is 209 g/mol. The minimum Gasteiger partial charge on any atom is -0.494 e. The number of rotatable bonds is 2. The summed E-state index contributed by atoms with van der Waals surface area (Å²) in [5.74, 6) is -0.0283. The van der Waals surface area contributed by atoms with Gasteiger partial charge in [0.25, 0.3) is 0 Å². The lowest BCUT2D eigenvalue weighted by molar-refractivity contribution is 0.386. The quantitative estimate of drug-likeness (QED) is 0.810. The molecule has 78 valence electrons. The maximum Gasteiger partial charge on any atom is 0.319 e. The summed E-state index contributed by atoms with van der Waals surface area (Å²) in [5, 5.41) is 3.60. The molecule has 6 heteroatoms. The Morgan fingerprint density at radius 2 is 2.27 bits per heavy atom. The Morgan fingerprint density at radius 1 is 1.47 bits per heavy atom. The number of nitrogens with zero attached hydrogens (tertiary/aromatic N) is 2. The zero-order chi connectivity index (χ0) is 10.8. The van der Waals surface area contributed by atoms with Gasteiger partial charge in [-0.1, -0.05) is 5.16 Å². The number of nitrogen functional groups attached to an aromatic ring is 1. The second-order valence-corrected chi connectivity index (χ2v) is 2.81. The molecule has 2 rings (SSSR count). The molecule has 0 unspecified atom stereocenters. The van der Waals surface area contributed by atoms with E-state index in [1.807, 2.05) is 0 Å². The molecule has 0 aliphatic heterocycles. The number of nitrogens with two attached hydrogens (primary N) is 1. The van der Waals surface area contributed by atoms with Crippen LogP contribution in [0.4, 0.5) is 10.4 Å². The van der Waals surface area contributed by atoms with E-state index in [2.05, 4.69) is 14.7 Å². The van der Waals surface area contributed by atoms with Crippen LogP contribution in [0.25, 0.3) is 11.4 Å². The summed E-state index contributed by atoms with van der Waals surface area (Å²) in [4.78, 5) is 3.81. The van der Waals surface area contributed by atoms with Gasteiger partial charge in [-0.05, 0) is 18.2 Å². The number of hydrogen-bond acceptors (Lipinski definition) is 5. The molecule has 2 N–H and O–H groups in total. The highest BCUT2D eigenvalue weighted by molar-refractivity contribution is 5.57. The summed E-state index contributed by atoms with van der Waals surface area (Å²) < 4.78 is 22.5. The van der Waals surface area contributed by atoms with Crippen molar-refractivity contribution in [1.82, 2.24) is 10.1 Å². The molecule has 0 spiro atoms. The van der Waals surface area contributed by atoms with E-state index in [0.29, 0.717) is 11.4 Å². The maximum absolute atomic E-state index is 13.1. The van der Waals surface area contributed by atoms with Crippen LogP contribution in [0.5, 0.6) is 5.75 Å². The average molecular weight is 209 g/mol. The molecule has 0 radical (unpaired) electrons. The SMILES string of the molecule is COc1cc(-c2noc(N)n2)ccc1F. The Labute approximate surface area is 84.7 Å². The standard InChI is InChI=1S/C9H8FN3O2/c1-14-7-4-5(2-3-6(7)10)8-12-9(11)15-13-8/h2-4H,1H3,(H2,11,12,13). The van der Waals surface area contributed by atoms with Crippen molar-refractivity contribution in [2.24, 2.45) is 0 Å². The summed E-state index contributed by atoms with van der Waals surface area (Å²) in [6.07, 6.45) is 0. The van der Waals surface area contributed by atoms with E-state index in [1.165, 1.54) is 25.3 Å². The third-order valence-electron chi connectivity index (χ3n) is 1.85. The third-order valence-corrected chi connectivity index (χ3v) is 1.85. The molecular weight excluding hydrogens is 201 g/mol. The Hall–Kier alpha value is -2.11. The summed E-state index contributed by atoms with van der Waals surface area (Å²) >= 11 is 0. The van der Waals surface area contributed by atoms with Crippen molar-refractivity contribution in [2.45, 2.75) is 0 Å². The van der Waals surface area contributed by atoms with Gasteiger partial charge in [-0.3, -0.25) is 0 Å². The molecule has 1 aromatic heterocycles. The van der Waals surface area contributed by atoms with Crippen LogP contribution in [-0.4, -0.2) is 17.3 Å². The van der Waals surface area contributed by atoms with Crippen LogP contribution < -0.4 is 10.5 Å². The molecule has 0 amide bonds. The summed E-state index contributed by atoms with van der Waals surface area (Å²) in [5.41, 5.74) is 5.85. The van der Waals surface area contributed by atoms with Gasteiger partial charge in [0.05, 0.1) is 7.11 Å². The molecule has 5 nitrogen and oxygen atoms in total. The van der Waals surface area contributed by atoms with E-state index in [-0.39, 0.29) is 11.8 Å². The molecule has 0 bridgehead atoms. The molecule has 2 aromatic rings. The fourth-order valence-electron chi connectivity index (χ4n) is 1.15. The normalized spacial score (nSPS) is 10.3. The summed E-state index contributed by atoms with van der Waals surface area (Å²) in [6.45, 7) is 0. The van der Waals surface area contributed by atoms with Crippen molar-refractivity contribution >= 4 is 6.01 Å². The van der Waals surface area contributed by atoms with Crippen LogP contribution in [0.15, 0.2) is 22.7 Å². The van der Waals surface area contributed by atoms with Gasteiger partial charge >= 0.3 is 6.01 Å². The van der Waals surface area contributed by atoms with E-state index in [0.717, 1.165) is 0 Å². The largest absolute Gasteiger partial charge is 0.494 e. The van der Waals surface area contributed by atoms with Gasteiger partial charge in [0.2, 0.25) is 5.82 Å². The lowest BCUT2D eigenvalue weighted by Gasteiger charge is -2.02. The van der Waals surface area contributed by atoms with Crippen LogP contribution in [-0.2, 0) is 0 Å². The van der Waals surface area contributed by atoms with E-state index in [4.69, 9.17) is 10.5 Å². The van der Waals surface area contributed by atoms with E-state index >= 15 is 0 Å². The van der Waals surface area contributed by atoms with Gasteiger partial charge in [0.1, 0.15) is 0 Å². The molecule has 1 heterocycles. The molecule has 0 saturated carbocycles. The minimum absolute atomic E-state index is 0.0340. The second-order valence-electron chi connectivity index (χ2n) is 2.81. The van der Waals surface area contributed by atoms with Gasteiger partial charge in [0.15, 0.2) is 11.6 Å². The number of methoxy groups -OCH3 is 1.